The van der Waals surface area contributed by atoms with E-state index >= 15 is 0 Å². The number of likely N-dealkylation sites (tertiary alicyclic amines) is 1. The zero-order valence-corrected chi connectivity index (χ0v) is 13.5. The molecule has 112 valence electrons. The normalized spacial score (nSPS) is 32.2. The highest BCUT2D eigenvalue weighted by molar-refractivity contribution is 4.86. The lowest BCUT2D eigenvalue weighted by molar-refractivity contribution is 0.0931. The van der Waals surface area contributed by atoms with Gasteiger partial charge in [-0.05, 0) is 58.8 Å². The first-order valence-corrected chi connectivity index (χ1v) is 8.46. The molecular formula is C17H34N2. The summed E-state index contributed by atoms with van der Waals surface area (Å²) in [4.78, 5) is 2.64. The van der Waals surface area contributed by atoms with Crippen molar-refractivity contribution in [3.63, 3.8) is 0 Å². The van der Waals surface area contributed by atoms with Crippen LogP contribution >= 0.6 is 0 Å². The van der Waals surface area contributed by atoms with Crippen molar-refractivity contribution in [2.24, 2.45) is 5.92 Å². The molecule has 0 amide bonds. The lowest BCUT2D eigenvalue weighted by Crippen LogP contribution is -2.51. The summed E-state index contributed by atoms with van der Waals surface area (Å²) in [6, 6.07) is 1.58. The largest absolute Gasteiger partial charge is 0.311 e. The smallest absolute Gasteiger partial charge is 0.0125 e. The van der Waals surface area contributed by atoms with Crippen LogP contribution in [0.1, 0.15) is 72.6 Å². The molecule has 2 fully saturated rings. The first-order chi connectivity index (χ1) is 8.95. The van der Waals surface area contributed by atoms with Crippen molar-refractivity contribution >= 4 is 0 Å². The van der Waals surface area contributed by atoms with Crippen LogP contribution < -0.4 is 5.32 Å². The Hall–Kier alpha value is -0.0800. The topological polar surface area (TPSA) is 15.3 Å². The first-order valence-electron chi connectivity index (χ1n) is 8.46. The van der Waals surface area contributed by atoms with Crippen molar-refractivity contribution in [1.82, 2.24) is 10.2 Å². The number of nitrogens with zero attached hydrogens (tertiary/aromatic N) is 1. The number of piperidine rings is 1. The average Bonchev–Trinajstić information content (AvgIpc) is 2.54. The highest BCUT2D eigenvalue weighted by atomic mass is 15.2. The van der Waals surface area contributed by atoms with Crippen molar-refractivity contribution in [3.05, 3.63) is 0 Å². The van der Waals surface area contributed by atoms with Crippen molar-refractivity contribution in [2.45, 2.75) is 90.3 Å². The molecule has 2 unspecified atom stereocenters. The van der Waals surface area contributed by atoms with Gasteiger partial charge >= 0.3 is 0 Å². The fourth-order valence-electron chi connectivity index (χ4n) is 3.70. The second-order valence-electron chi connectivity index (χ2n) is 7.91. The summed E-state index contributed by atoms with van der Waals surface area (Å²) in [6.07, 6.45) is 9.79. The molecule has 0 radical (unpaired) electrons. The Balaban J connectivity index is 1.73. The summed E-state index contributed by atoms with van der Waals surface area (Å²) in [7, 11) is 0. The first kappa shape index (κ1) is 15.3. The number of hydrogen-bond acceptors (Lipinski definition) is 2. The minimum atomic E-state index is 0.350. The second-order valence-corrected chi connectivity index (χ2v) is 7.91. The van der Waals surface area contributed by atoms with Gasteiger partial charge in [-0.25, -0.2) is 0 Å². The zero-order valence-electron chi connectivity index (χ0n) is 13.5. The van der Waals surface area contributed by atoms with Crippen LogP contribution in [-0.4, -0.2) is 35.6 Å². The molecule has 2 aliphatic rings. The van der Waals surface area contributed by atoms with Crippen molar-refractivity contribution in [1.29, 1.82) is 0 Å². The molecule has 0 aromatic heterocycles. The molecule has 1 saturated heterocycles. The highest BCUT2D eigenvalue weighted by Crippen LogP contribution is 2.25. The van der Waals surface area contributed by atoms with Gasteiger partial charge in [-0.2, -0.15) is 0 Å². The Morgan fingerprint density at radius 3 is 2.11 bits per heavy atom. The predicted octanol–water partition coefficient (Wildman–Crippen LogP) is 3.81. The predicted molar refractivity (Wildman–Crippen MR) is 83.5 cm³/mol. The van der Waals surface area contributed by atoms with Gasteiger partial charge in [0.2, 0.25) is 0 Å². The summed E-state index contributed by atoms with van der Waals surface area (Å²) in [6.45, 7) is 12.0. The summed E-state index contributed by atoms with van der Waals surface area (Å²) in [5, 5.41) is 3.96. The molecular weight excluding hydrogens is 232 g/mol. The van der Waals surface area contributed by atoms with Crippen molar-refractivity contribution < 1.29 is 0 Å². The van der Waals surface area contributed by atoms with E-state index in [0.717, 1.165) is 18.0 Å². The number of rotatable bonds is 2. The van der Waals surface area contributed by atoms with E-state index in [1.165, 1.54) is 58.0 Å². The molecule has 0 bridgehead atoms. The van der Waals surface area contributed by atoms with Crippen LogP contribution in [0.2, 0.25) is 0 Å². The van der Waals surface area contributed by atoms with E-state index in [4.69, 9.17) is 0 Å². The standard InChI is InChI=1S/C17H34N2/c1-14-6-5-7-15(9-8-14)18-16-10-12-19(13-11-16)17(2,3)4/h14-16,18H,5-13H2,1-4H3. The molecule has 1 aliphatic carbocycles. The molecule has 1 N–H and O–H groups in total. The van der Waals surface area contributed by atoms with Gasteiger partial charge in [-0.15, -0.1) is 0 Å². The Labute approximate surface area is 120 Å². The van der Waals surface area contributed by atoms with Crippen molar-refractivity contribution in [2.75, 3.05) is 13.1 Å². The Bertz CT molecular complexity index is 261. The molecule has 1 saturated carbocycles. The van der Waals surface area contributed by atoms with Gasteiger partial charge in [0, 0.05) is 30.7 Å². The molecule has 2 atom stereocenters. The van der Waals surface area contributed by atoms with E-state index in [1.807, 2.05) is 0 Å². The van der Waals surface area contributed by atoms with Gasteiger partial charge in [0.05, 0.1) is 0 Å². The monoisotopic (exact) mass is 266 g/mol. The van der Waals surface area contributed by atoms with Crippen LogP contribution in [0.15, 0.2) is 0 Å². The average molecular weight is 266 g/mol. The third-order valence-electron chi connectivity index (χ3n) is 5.17. The van der Waals surface area contributed by atoms with Crippen LogP contribution in [0.3, 0.4) is 0 Å². The second kappa shape index (κ2) is 6.58. The number of hydrogen-bond donors (Lipinski definition) is 1. The van der Waals surface area contributed by atoms with Crippen LogP contribution in [-0.2, 0) is 0 Å². The lowest BCUT2D eigenvalue weighted by Gasteiger charge is -2.41. The van der Waals surface area contributed by atoms with Crippen LogP contribution in [0.5, 0.6) is 0 Å². The maximum absolute atomic E-state index is 3.96. The molecule has 0 spiro atoms. The van der Waals surface area contributed by atoms with Crippen molar-refractivity contribution in [3.8, 4) is 0 Å². The van der Waals surface area contributed by atoms with E-state index in [2.05, 4.69) is 37.9 Å². The maximum Gasteiger partial charge on any atom is 0.0125 e. The van der Waals surface area contributed by atoms with E-state index in [1.54, 1.807) is 0 Å². The third-order valence-corrected chi connectivity index (χ3v) is 5.17. The van der Waals surface area contributed by atoms with Gasteiger partial charge in [0.15, 0.2) is 0 Å². The molecule has 1 aliphatic heterocycles. The summed E-state index contributed by atoms with van der Waals surface area (Å²) >= 11 is 0. The minimum absolute atomic E-state index is 0.350. The Morgan fingerprint density at radius 1 is 0.842 bits per heavy atom. The van der Waals surface area contributed by atoms with Gasteiger partial charge in [0.25, 0.3) is 0 Å². The molecule has 1 heterocycles. The Kier molecular flexibility index (Phi) is 5.30. The van der Waals surface area contributed by atoms with E-state index < -0.39 is 0 Å². The van der Waals surface area contributed by atoms with Gasteiger partial charge in [-0.1, -0.05) is 19.8 Å². The summed E-state index contributed by atoms with van der Waals surface area (Å²) < 4.78 is 0. The van der Waals surface area contributed by atoms with Gasteiger partial charge in [-0.3, -0.25) is 4.90 Å². The number of nitrogens with one attached hydrogen (secondary N) is 1. The summed E-state index contributed by atoms with van der Waals surface area (Å²) in [5.74, 6) is 0.953. The third kappa shape index (κ3) is 4.75. The van der Waals surface area contributed by atoms with Gasteiger partial charge in [0.1, 0.15) is 0 Å². The summed E-state index contributed by atoms with van der Waals surface area (Å²) in [5.41, 5.74) is 0.350. The van der Waals surface area contributed by atoms with Crippen LogP contribution in [0.4, 0.5) is 0 Å². The lowest BCUT2D eigenvalue weighted by atomic mass is 9.96. The minimum Gasteiger partial charge on any atom is -0.311 e. The van der Waals surface area contributed by atoms with E-state index in [0.29, 0.717) is 5.54 Å². The van der Waals surface area contributed by atoms with E-state index in [-0.39, 0.29) is 0 Å². The Morgan fingerprint density at radius 2 is 1.47 bits per heavy atom. The fourth-order valence-corrected chi connectivity index (χ4v) is 3.70. The highest BCUT2D eigenvalue weighted by Gasteiger charge is 2.28. The molecule has 0 aromatic rings. The van der Waals surface area contributed by atoms with Crippen LogP contribution in [0.25, 0.3) is 0 Å². The molecule has 2 rings (SSSR count). The zero-order chi connectivity index (χ0) is 13.9. The molecule has 2 nitrogen and oxygen atoms in total. The molecule has 2 heteroatoms. The fraction of sp³-hybridized carbons (Fsp3) is 1.00. The quantitative estimate of drug-likeness (QED) is 0.765. The molecule has 19 heavy (non-hydrogen) atoms. The van der Waals surface area contributed by atoms with E-state index in [9.17, 15) is 0 Å². The van der Waals surface area contributed by atoms with Gasteiger partial charge < -0.3 is 5.32 Å². The maximum atomic E-state index is 3.96. The SMILES string of the molecule is CC1CCCC(NC2CCN(C(C)(C)C)CC2)CC1. The molecule has 0 aromatic carbocycles. The van der Waals surface area contributed by atoms with Crippen LogP contribution in [0, 0.1) is 5.92 Å².